The van der Waals surface area contributed by atoms with Crippen molar-refractivity contribution < 1.29 is 0 Å². The average Bonchev–Trinajstić information content (AvgIpc) is 3.16. The summed E-state index contributed by atoms with van der Waals surface area (Å²) in [6.07, 6.45) is 5.97. The summed E-state index contributed by atoms with van der Waals surface area (Å²) >= 11 is 0. The summed E-state index contributed by atoms with van der Waals surface area (Å²) in [5.74, 6) is 1.07. The molecule has 5 heteroatoms. The Labute approximate surface area is 160 Å². The zero-order chi connectivity index (χ0) is 18.6. The van der Waals surface area contributed by atoms with Gasteiger partial charge in [-0.05, 0) is 61.6 Å². The second-order valence-electron chi connectivity index (χ2n) is 7.42. The Bertz CT molecular complexity index is 865. The summed E-state index contributed by atoms with van der Waals surface area (Å²) < 4.78 is 0. The molecule has 0 spiro atoms. The normalized spacial score (nSPS) is 16.4. The molecule has 1 aliphatic rings. The first-order valence-electron chi connectivity index (χ1n) is 9.72. The van der Waals surface area contributed by atoms with Crippen molar-refractivity contribution in [2.75, 3.05) is 18.0 Å². The zero-order valence-electron chi connectivity index (χ0n) is 16.0. The molecule has 1 unspecified atom stereocenters. The third-order valence-corrected chi connectivity index (χ3v) is 5.40. The first-order chi connectivity index (χ1) is 13.2. The minimum atomic E-state index is 0.330. The predicted molar refractivity (Wildman–Crippen MR) is 110 cm³/mol. The number of anilines is 1. The fraction of sp³-hybridized carbons (Fsp3) is 0.364. The molecule has 0 aliphatic carbocycles. The number of hydrogen-bond donors (Lipinski definition) is 2. The number of H-pyrrole nitrogens is 1. The number of nitrogens with zero attached hydrogens (tertiary/aromatic N) is 3. The average molecular weight is 361 g/mol. The molecule has 1 saturated heterocycles. The molecule has 27 heavy (non-hydrogen) atoms. The van der Waals surface area contributed by atoms with Crippen molar-refractivity contribution in [2.24, 2.45) is 0 Å². The van der Waals surface area contributed by atoms with Crippen molar-refractivity contribution in [3.05, 3.63) is 66.1 Å². The highest BCUT2D eigenvalue weighted by atomic mass is 15.3. The maximum absolute atomic E-state index is 4.39. The van der Waals surface area contributed by atoms with Crippen LogP contribution >= 0.6 is 0 Å². The van der Waals surface area contributed by atoms with Crippen molar-refractivity contribution >= 4 is 5.82 Å². The summed E-state index contributed by atoms with van der Waals surface area (Å²) in [5.41, 5.74) is 4.90. The van der Waals surface area contributed by atoms with Gasteiger partial charge in [0.25, 0.3) is 0 Å². The Kier molecular flexibility index (Phi) is 5.21. The quantitative estimate of drug-likeness (QED) is 0.718. The fourth-order valence-corrected chi connectivity index (χ4v) is 3.82. The van der Waals surface area contributed by atoms with E-state index in [1.165, 1.54) is 16.7 Å². The van der Waals surface area contributed by atoms with Crippen molar-refractivity contribution in [3.8, 4) is 11.1 Å². The molecule has 0 radical (unpaired) electrons. The number of rotatable bonds is 5. The second-order valence-corrected chi connectivity index (χ2v) is 7.42. The predicted octanol–water partition coefficient (Wildman–Crippen LogP) is 4.10. The molecule has 140 valence electrons. The molecule has 2 N–H and O–H groups in total. The lowest BCUT2D eigenvalue weighted by atomic mass is 9.98. The van der Waals surface area contributed by atoms with Gasteiger partial charge in [0.2, 0.25) is 0 Å². The van der Waals surface area contributed by atoms with Crippen LogP contribution in [0.4, 0.5) is 5.82 Å². The van der Waals surface area contributed by atoms with E-state index in [0.29, 0.717) is 12.1 Å². The minimum Gasteiger partial charge on any atom is -0.355 e. The van der Waals surface area contributed by atoms with Crippen molar-refractivity contribution in [3.63, 3.8) is 0 Å². The van der Waals surface area contributed by atoms with Gasteiger partial charge >= 0.3 is 0 Å². The highest BCUT2D eigenvalue weighted by Crippen LogP contribution is 2.25. The molecule has 1 aromatic carbocycles. The van der Waals surface area contributed by atoms with Crippen molar-refractivity contribution in [2.45, 2.75) is 38.8 Å². The molecule has 5 nitrogen and oxygen atoms in total. The summed E-state index contributed by atoms with van der Waals surface area (Å²) in [6.45, 7) is 6.40. The Balaban J connectivity index is 1.36. The highest BCUT2D eigenvalue weighted by molar-refractivity contribution is 5.63. The number of pyridine rings is 1. The lowest BCUT2D eigenvalue weighted by Crippen LogP contribution is -2.43. The van der Waals surface area contributed by atoms with Crippen LogP contribution in [0.5, 0.6) is 0 Å². The van der Waals surface area contributed by atoms with Gasteiger partial charge in [0, 0.05) is 49.3 Å². The van der Waals surface area contributed by atoms with E-state index >= 15 is 0 Å². The maximum Gasteiger partial charge on any atom is 0.150 e. The second kappa shape index (κ2) is 7.92. The topological polar surface area (TPSA) is 56.8 Å². The standard InChI is InChI=1S/C22H27N5/c1-16-14-22(26-25-16)27-12-8-21(9-13-27)24-17(2)19-4-3-5-20(15-19)18-6-10-23-11-7-18/h3-7,10-11,14-15,17,21,24H,8-9,12-13H2,1-2H3,(H,25,26). The lowest BCUT2D eigenvalue weighted by Gasteiger charge is -2.34. The molecule has 1 aliphatic heterocycles. The van der Waals surface area contributed by atoms with E-state index in [1.807, 2.05) is 19.3 Å². The van der Waals surface area contributed by atoms with Crippen LogP contribution in [0.2, 0.25) is 0 Å². The van der Waals surface area contributed by atoms with E-state index in [9.17, 15) is 0 Å². The molecule has 0 saturated carbocycles. The van der Waals surface area contributed by atoms with Crippen LogP contribution in [0.25, 0.3) is 11.1 Å². The van der Waals surface area contributed by atoms with E-state index in [-0.39, 0.29) is 0 Å². The number of aromatic nitrogens is 3. The van der Waals surface area contributed by atoms with E-state index in [4.69, 9.17) is 0 Å². The molecular formula is C22H27N5. The smallest absolute Gasteiger partial charge is 0.150 e. The van der Waals surface area contributed by atoms with Crippen LogP contribution in [-0.4, -0.2) is 34.3 Å². The van der Waals surface area contributed by atoms with E-state index in [2.05, 4.69) is 74.8 Å². The van der Waals surface area contributed by atoms with Gasteiger partial charge in [-0.1, -0.05) is 18.2 Å². The number of aryl methyl sites for hydroxylation is 1. The molecule has 2 aromatic heterocycles. The van der Waals surface area contributed by atoms with Gasteiger partial charge in [0.15, 0.2) is 5.82 Å². The molecule has 1 atom stereocenters. The third-order valence-electron chi connectivity index (χ3n) is 5.40. The van der Waals surface area contributed by atoms with Crippen LogP contribution in [0.1, 0.15) is 37.1 Å². The Hall–Kier alpha value is -2.66. The van der Waals surface area contributed by atoms with Crippen LogP contribution in [0.3, 0.4) is 0 Å². The summed E-state index contributed by atoms with van der Waals surface area (Å²) in [4.78, 5) is 6.48. The van der Waals surface area contributed by atoms with Gasteiger partial charge in [-0.3, -0.25) is 10.1 Å². The van der Waals surface area contributed by atoms with Gasteiger partial charge in [-0.2, -0.15) is 5.10 Å². The molecule has 3 heterocycles. The fourth-order valence-electron chi connectivity index (χ4n) is 3.82. The van der Waals surface area contributed by atoms with Crippen LogP contribution in [0, 0.1) is 6.92 Å². The van der Waals surface area contributed by atoms with Gasteiger partial charge in [0.1, 0.15) is 0 Å². The lowest BCUT2D eigenvalue weighted by molar-refractivity contribution is 0.380. The molecule has 4 rings (SSSR count). The Morgan fingerprint density at radius 2 is 1.85 bits per heavy atom. The molecule has 1 fully saturated rings. The van der Waals surface area contributed by atoms with Crippen LogP contribution in [-0.2, 0) is 0 Å². The van der Waals surface area contributed by atoms with E-state index in [0.717, 1.165) is 37.4 Å². The molecule has 0 amide bonds. The summed E-state index contributed by atoms with van der Waals surface area (Å²) in [6, 6.07) is 15.9. The summed E-state index contributed by atoms with van der Waals surface area (Å²) in [5, 5.41) is 11.2. The number of nitrogens with one attached hydrogen (secondary N) is 2. The van der Waals surface area contributed by atoms with Gasteiger partial charge in [-0.25, -0.2) is 0 Å². The summed E-state index contributed by atoms with van der Waals surface area (Å²) in [7, 11) is 0. The third kappa shape index (κ3) is 4.19. The monoisotopic (exact) mass is 361 g/mol. The van der Waals surface area contributed by atoms with Crippen molar-refractivity contribution in [1.29, 1.82) is 0 Å². The molecular weight excluding hydrogens is 334 g/mol. The van der Waals surface area contributed by atoms with Gasteiger partial charge in [0.05, 0.1) is 0 Å². The van der Waals surface area contributed by atoms with Crippen molar-refractivity contribution in [1.82, 2.24) is 20.5 Å². The molecule has 0 bridgehead atoms. The van der Waals surface area contributed by atoms with E-state index in [1.54, 1.807) is 0 Å². The minimum absolute atomic E-state index is 0.330. The van der Waals surface area contributed by atoms with Crippen LogP contribution < -0.4 is 10.2 Å². The van der Waals surface area contributed by atoms with E-state index < -0.39 is 0 Å². The highest BCUT2D eigenvalue weighted by Gasteiger charge is 2.22. The Morgan fingerprint density at radius 1 is 1.07 bits per heavy atom. The maximum atomic E-state index is 4.39. The number of benzene rings is 1. The van der Waals surface area contributed by atoms with Crippen LogP contribution in [0.15, 0.2) is 54.9 Å². The molecule has 3 aromatic rings. The number of hydrogen-bond acceptors (Lipinski definition) is 4. The Morgan fingerprint density at radius 3 is 2.56 bits per heavy atom. The number of aromatic amines is 1. The van der Waals surface area contributed by atoms with Gasteiger partial charge < -0.3 is 10.2 Å². The van der Waals surface area contributed by atoms with Gasteiger partial charge in [-0.15, -0.1) is 0 Å². The first kappa shape index (κ1) is 17.7. The number of piperidine rings is 1. The zero-order valence-corrected chi connectivity index (χ0v) is 16.0. The first-order valence-corrected chi connectivity index (χ1v) is 9.72. The SMILES string of the molecule is Cc1cc(N2CCC(NC(C)c3cccc(-c4ccncc4)c3)CC2)n[nH]1. The largest absolute Gasteiger partial charge is 0.355 e.